The summed E-state index contributed by atoms with van der Waals surface area (Å²) in [4.78, 5) is 50.7. The van der Waals surface area contributed by atoms with Gasteiger partial charge in [-0.15, -0.1) is 0 Å². The normalized spacial score (nSPS) is 11.9. The number of aldehydes is 1. The summed E-state index contributed by atoms with van der Waals surface area (Å²) in [5.41, 5.74) is 12.5. The topological polar surface area (TPSA) is 157 Å². The Balaban J connectivity index is 0.00000153. The second kappa shape index (κ2) is 45.1. The Morgan fingerprint density at radius 1 is 0.600 bits per heavy atom. The van der Waals surface area contributed by atoms with Crippen LogP contribution in [0.3, 0.4) is 0 Å². The highest BCUT2D eigenvalue weighted by Crippen LogP contribution is 2.12. The van der Waals surface area contributed by atoms with Crippen molar-refractivity contribution in [3.8, 4) is 0 Å². The van der Waals surface area contributed by atoms with Crippen LogP contribution in [0.25, 0.3) is 0 Å². The first-order valence-corrected chi connectivity index (χ1v) is 24.3. The molecule has 9 heteroatoms. The lowest BCUT2D eigenvalue weighted by molar-refractivity contribution is -0.128. The molecule has 6 N–H and O–H groups in total. The van der Waals surface area contributed by atoms with E-state index in [1.54, 1.807) is 30.5 Å². The Morgan fingerprint density at radius 3 is 1.47 bits per heavy atom. The standard InChI is InChI=1S/C33H55N5O3.C18H34O/c1-2-3-4-5-6-7-8-9-10-11-12-13-14-15-16-17-18-32(40)38-30(25-34)33(41)37-24-23-36-27-28-19-21-29(22-20-28)31(39)26-35;1-2-3-4-5-6-7-8-9-10-11-12-13-14-15-16-17-18-19/h10-11,19-22,27,30H,2-9,12-18,23-26,34-35H2,1H3,(H,37,41)(H,38,40);9-10,18H,2-8,11-17H2,1H3/b;10-9-. The zero-order valence-electron chi connectivity index (χ0n) is 38.4. The first-order chi connectivity index (χ1) is 29.4. The maximum atomic E-state index is 12.4. The predicted octanol–water partition coefficient (Wildman–Crippen LogP) is 11.5. The van der Waals surface area contributed by atoms with Crippen LogP contribution >= 0.6 is 0 Å². The monoisotopic (exact) mass is 836 g/mol. The minimum absolute atomic E-state index is 0.0188. The molecule has 9 nitrogen and oxygen atoms in total. The van der Waals surface area contributed by atoms with E-state index < -0.39 is 6.04 Å². The van der Waals surface area contributed by atoms with Gasteiger partial charge >= 0.3 is 0 Å². The van der Waals surface area contributed by atoms with Crippen LogP contribution in [0.5, 0.6) is 0 Å². The van der Waals surface area contributed by atoms with E-state index >= 15 is 0 Å². The van der Waals surface area contributed by atoms with Gasteiger partial charge in [0, 0.05) is 37.7 Å². The highest BCUT2D eigenvalue weighted by atomic mass is 16.2. The van der Waals surface area contributed by atoms with E-state index in [4.69, 9.17) is 11.5 Å². The first kappa shape index (κ1) is 56.6. The number of hydrogen-bond donors (Lipinski definition) is 4. The summed E-state index contributed by atoms with van der Waals surface area (Å²) in [6.07, 6.45) is 47.5. The van der Waals surface area contributed by atoms with Gasteiger partial charge in [0.1, 0.15) is 12.3 Å². The van der Waals surface area contributed by atoms with Gasteiger partial charge in [0.15, 0.2) is 5.78 Å². The van der Waals surface area contributed by atoms with Crippen molar-refractivity contribution in [2.75, 3.05) is 26.2 Å². The summed E-state index contributed by atoms with van der Waals surface area (Å²) in [5, 5.41) is 5.51. The Kier molecular flexibility index (Phi) is 42.5. The number of rotatable bonds is 40. The van der Waals surface area contributed by atoms with Crippen LogP contribution in [0.1, 0.15) is 216 Å². The number of benzene rings is 1. The maximum Gasteiger partial charge on any atom is 0.243 e. The van der Waals surface area contributed by atoms with Gasteiger partial charge in [-0.25, -0.2) is 0 Å². The summed E-state index contributed by atoms with van der Waals surface area (Å²) < 4.78 is 0. The molecule has 0 fully saturated rings. The van der Waals surface area contributed by atoms with E-state index in [9.17, 15) is 19.2 Å². The quantitative estimate of drug-likeness (QED) is 0.0169. The van der Waals surface area contributed by atoms with Gasteiger partial charge in [0.05, 0.1) is 13.1 Å². The molecular formula is C51H89N5O4. The van der Waals surface area contributed by atoms with Crippen molar-refractivity contribution in [2.24, 2.45) is 16.5 Å². The maximum absolute atomic E-state index is 12.4. The van der Waals surface area contributed by atoms with Crippen LogP contribution in [0.15, 0.2) is 53.6 Å². The molecule has 1 rings (SSSR count). The van der Waals surface area contributed by atoms with E-state index in [0.29, 0.717) is 25.1 Å². The van der Waals surface area contributed by atoms with Crippen LogP contribution < -0.4 is 22.1 Å². The van der Waals surface area contributed by atoms with Gasteiger partial charge in [-0.05, 0) is 69.8 Å². The fourth-order valence-corrected chi connectivity index (χ4v) is 6.74. The van der Waals surface area contributed by atoms with Gasteiger partial charge < -0.3 is 26.9 Å². The van der Waals surface area contributed by atoms with E-state index in [1.165, 1.54) is 141 Å². The lowest BCUT2D eigenvalue weighted by Crippen LogP contribution is -2.51. The summed E-state index contributed by atoms with van der Waals surface area (Å²) in [6, 6.07) is 6.27. The number of allylic oxidation sites excluding steroid dienone is 4. The summed E-state index contributed by atoms with van der Waals surface area (Å²) in [5.74, 6) is -0.556. The number of hydrogen-bond acceptors (Lipinski definition) is 7. The van der Waals surface area contributed by atoms with Gasteiger partial charge in [0.25, 0.3) is 0 Å². The van der Waals surface area contributed by atoms with Crippen LogP contribution in [0.2, 0.25) is 0 Å². The molecule has 1 aromatic carbocycles. The molecule has 0 spiro atoms. The predicted molar refractivity (Wildman–Crippen MR) is 256 cm³/mol. The minimum atomic E-state index is -0.744. The molecule has 0 saturated carbocycles. The SMILES string of the molecule is CCCCCCCC/C=C\CCCCCCCC=O.CCCCCCCCCC=CCCCCCCCC(=O)NC(CN)C(=O)NCCN=Cc1ccc(C(=O)CN)cc1. The lowest BCUT2D eigenvalue weighted by Gasteiger charge is -2.16. The smallest absolute Gasteiger partial charge is 0.243 e. The van der Waals surface area contributed by atoms with Crippen LogP contribution in [-0.2, 0) is 14.4 Å². The van der Waals surface area contributed by atoms with Crippen LogP contribution in [0, 0.1) is 0 Å². The Hall–Kier alpha value is -3.43. The molecule has 60 heavy (non-hydrogen) atoms. The van der Waals surface area contributed by atoms with Gasteiger partial charge in [0.2, 0.25) is 11.8 Å². The number of unbranched alkanes of at least 4 members (excludes halogenated alkanes) is 24. The molecule has 342 valence electrons. The van der Waals surface area contributed by atoms with Crippen molar-refractivity contribution >= 4 is 30.1 Å². The van der Waals surface area contributed by atoms with Crippen molar-refractivity contribution < 1.29 is 19.2 Å². The number of amides is 2. The van der Waals surface area contributed by atoms with E-state index in [1.807, 2.05) is 0 Å². The molecule has 1 atom stereocenters. The molecule has 0 saturated heterocycles. The second-order valence-electron chi connectivity index (χ2n) is 16.2. The number of ketones is 1. The molecule has 0 heterocycles. The average molecular weight is 836 g/mol. The average Bonchev–Trinajstić information content (AvgIpc) is 3.26. The van der Waals surface area contributed by atoms with Gasteiger partial charge in [-0.1, -0.05) is 172 Å². The molecule has 2 amide bonds. The van der Waals surface area contributed by atoms with Crippen molar-refractivity contribution in [3.05, 3.63) is 59.7 Å². The third kappa shape index (κ3) is 37.6. The third-order valence-corrected chi connectivity index (χ3v) is 10.6. The van der Waals surface area contributed by atoms with Gasteiger partial charge in [-0.3, -0.25) is 19.4 Å². The molecule has 0 aromatic heterocycles. The van der Waals surface area contributed by atoms with Crippen LogP contribution in [-0.4, -0.2) is 62.3 Å². The molecular weight excluding hydrogens is 747 g/mol. The molecule has 0 radical (unpaired) electrons. The lowest BCUT2D eigenvalue weighted by atomic mass is 10.1. The molecule has 1 unspecified atom stereocenters. The van der Waals surface area contributed by atoms with E-state index in [2.05, 4.69) is 53.8 Å². The molecule has 0 aliphatic rings. The molecule has 1 aromatic rings. The zero-order chi connectivity index (χ0) is 44.0. The second-order valence-corrected chi connectivity index (χ2v) is 16.2. The highest BCUT2D eigenvalue weighted by Gasteiger charge is 2.18. The largest absolute Gasteiger partial charge is 0.352 e. The number of nitrogens with one attached hydrogen (secondary N) is 2. The van der Waals surface area contributed by atoms with Gasteiger partial charge in [-0.2, -0.15) is 0 Å². The first-order valence-electron chi connectivity index (χ1n) is 24.3. The Labute approximate surface area is 367 Å². The molecule has 0 bridgehead atoms. The molecule has 0 aliphatic heterocycles. The summed E-state index contributed by atoms with van der Waals surface area (Å²) in [6.45, 7) is 5.27. The van der Waals surface area contributed by atoms with Crippen molar-refractivity contribution in [3.63, 3.8) is 0 Å². The number of nitrogens with two attached hydrogens (primary N) is 2. The van der Waals surface area contributed by atoms with E-state index in [0.717, 1.165) is 50.4 Å². The number of aliphatic imine (C=N–C) groups is 1. The minimum Gasteiger partial charge on any atom is -0.352 e. The Morgan fingerprint density at radius 2 is 1.03 bits per heavy atom. The third-order valence-electron chi connectivity index (χ3n) is 10.6. The number of nitrogens with zero attached hydrogens (tertiary/aromatic N) is 1. The Bertz CT molecular complexity index is 1250. The van der Waals surface area contributed by atoms with Crippen molar-refractivity contribution in [1.29, 1.82) is 0 Å². The highest BCUT2D eigenvalue weighted by molar-refractivity contribution is 5.98. The van der Waals surface area contributed by atoms with Crippen molar-refractivity contribution in [2.45, 2.75) is 206 Å². The fraction of sp³-hybridized carbons (Fsp3) is 0.706. The number of Topliss-reactive ketones (excluding diaryl/α,β-unsaturated/α-hetero) is 1. The summed E-state index contributed by atoms with van der Waals surface area (Å²) >= 11 is 0. The fourth-order valence-electron chi connectivity index (χ4n) is 6.74. The van der Waals surface area contributed by atoms with Crippen molar-refractivity contribution in [1.82, 2.24) is 10.6 Å². The summed E-state index contributed by atoms with van der Waals surface area (Å²) in [7, 11) is 0. The van der Waals surface area contributed by atoms with E-state index in [-0.39, 0.29) is 30.7 Å². The zero-order valence-corrected chi connectivity index (χ0v) is 38.4. The molecule has 0 aliphatic carbocycles. The van der Waals surface area contributed by atoms with Crippen LogP contribution in [0.4, 0.5) is 0 Å². The number of carbonyl (C=O) groups excluding carboxylic acids is 4. The number of carbonyl (C=O) groups is 4.